The Morgan fingerprint density at radius 3 is 2.11 bits per heavy atom. The van der Waals surface area contributed by atoms with Crippen LogP contribution in [0.3, 0.4) is 0 Å². The van der Waals surface area contributed by atoms with Crippen molar-refractivity contribution in [2.75, 3.05) is 5.32 Å². The van der Waals surface area contributed by atoms with Gasteiger partial charge in [-0.1, -0.05) is 135 Å². The Hall–Kier alpha value is -5.48. The highest BCUT2D eigenvalue weighted by atomic mass is 15.2. The van der Waals surface area contributed by atoms with E-state index in [9.17, 15) is 0 Å². The number of fused-ring (bicyclic) bond motifs is 2. The minimum Gasteiger partial charge on any atom is -0.355 e. The molecular weight excluding hydrogens is 548 g/mol. The second kappa shape index (κ2) is 10.9. The van der Waals surface area contributed by atoms with Crippen LogP contribution in [-0.2, 0) is 5.41 Å². The summed E-state index contributed by atoms with van der Waals surface area (Å²) in [5.41, 5.74) is 14.5. The Morgan fingerprint density at radius 2 is 1.33 bits per heavy atom. The molecule has 2 aliphatic carbocycles. The van der Waals surface area contributed by atoms with Gasteiger partial charge in [0.1, 0.15) is 0 Å². The molecule has 0 bridgehead atoms. The van der Waals surface area contributed by atoms with Crippen LogP contribution in [0.5, 0.6) is 0 Å². The topological polar surface area (TPSA) is 53.6 Å². The van der Waals surface area contributed by atoms with Crippen LogP contribution in [0.1, 0.15) is 37.8 Å². The van der Waals surface area contributed by atoms with Crippen molar-refractivity contribution in [1.29, 1.82) is 0 Å². The summed E-state index contributed by atoms with van der Waals surface area (Å²) in [6.45, 7) is 4.73. The SMILES string of the molecule is CC1(C)C2=C(CCC=C2)c2ccc(-c3ccccc3)c(Nc3cccc(-c4n[nH]c(-c5ccc(-c6ccccc6)cc5)n4)c3)c21. The molecule has 0 fully saturated rings. The number of nitrogens with zero attached hydrogens (tertiary/aromatic N) is 2. The van der Waals surface area contributed by atoms with E-state index in [2.05, 4.69) is 157 Å². The largest absolute Gasteiger partial charge is 0.355 e. The number of anilines is 2. The highest BCUT2D eigenvalue weighted by molar-refractivity contribution is 5.94. The number of H-pyrrole nitrogens is 1. The predicted octanol–water partition coefficient (Wildman–Crippen LogP) is 10.6. The molecule has 45 heavy (non-hydrogen) atoms. The fourth-order valence-electron chi connectivity index (χ4n) is 7.01. The monoisotopic (exact) mass is 582 g/mol. The number of aromatic nitrogens is 3. The molecule has 1 heterocycles. The van der Waals surface area contributed by atoms with E-state index in [4.69, 9.17) is 4.98 Å². The van der Waals surface area contributed by atoms with Crippen LogP contribution in [0.4, 0.5) is 11.4 Å². The molecule has 218 valence electrons. The first-order chi connectivity index (χ1) is 22.1. The fraction of sp³-hybridized carbons (Fsp3) is 0.122. The van der Waals surface area contributed by atoms with Crippen molar-refractivity contribution < 1.29 is 0 Å². The van der Waals surface area contributed by atoms with Crippen LogP contribution in [0, 0.1) is 0 Å². The summed E-state index contributed by atoms with van der Waals surface area (Å²) in [7, 11) is 0. The van der Waals surface area contributed by atoms with Gasteiger partial charge in [-0.2, -0.15) is 5.10 Å². The third kappa shape index (κ3) is 4.79. The zero-order valence-electron chi connectivity index (χ0n) is 25.5. The second-order valence-electron chi connectivity index (χ2n) is 12.4. The van der Waals surface area contributed by atoms with E-state index in [1.807, 2.05) is 6.07 Å². The zero-order valence-corrected chi connectivity index (χ0v) is 25.5. The molecule has 0 radical (unpaired) electrons. The van der Waals surface area contributed by atoms with Crippen molar-refractivity contribution >= 4 is 16.9 Å². The lowest BCUT2D eigenvalue weighted by Gasteiger charge is -2.28. The molecule has 2 aliphatic rings. The summed E-state index contributed by atoms with van der Waals surface area (Å²) in [5.74, 6) is 1.42. The van der Waals surface area contributed by atoms with Crippen LogP contribution >= 0.6 is 0 Å². The minimum atomic E-state index is -0.110. The first-order valence-electron chi connectivity index (χ1n) is 15.7. The quantitative estimate of drug-likeness (QED) is 0.205. The van der Waals surface area contributed by atoms with Crippen LogP contribution in [0.2, 0.25) is 0 Å². The summed E-state index contributed by atoms with van der Waals surface area (Å²) in [4.78, 5) is 4.89. The number of rotatable bonds is 6. The molecule has 4 nitrogen and oxygen atoms in total. The Labute approximate surface area is 264 Å². The van der Waals surface area contributed by atoms with Crippen molar-refractivity contribution in [2.45, 2.75) is 32.1 Å². The average Bonchev–Trinajstić information content (AvgIpc) is 3.68. The summed E-state index contributed by atoms with van der Waals surface area (Å²) in [6, 6.07) is 42.6. The first kappa shape index (κ1) is 27.1. The second-order valence-corrected chi connectivity index (χ2v) is 12.4. The standard InChI is InChI=1S/C41H34N4/c1-41(2)36-19-10-9-18-34(36)35-25-24-33(29-14-7-4-8-15-29)38(37(35)41)42-32-17-11-16-31(26-32)40-43-39(44-45-40)30-22-20-28(21-23-30)27-12-5-3-6-13-27/h3-8,10-17,19-26,42H,9,18H2,1-2H3,(H,43,44,45). The molecule has 0 saturated carbocycles. The third-order valence-corrected chi connectivity index (χ3v) is 9.23. The molecule has 1 aromatic heterocycles. The minimum absolute atomic E-state index is 0.110. The van der Waals surface area contributed by atoms with Crippen molar-refractivity contribution in [3.63, 3.8) is 0 Å². The summed E-state index contributed by atoms with van der Waals surface area (Å²) in [6.07, 6.45) is 6.85. The van der Waals surface area contributed by atoms with E-state index in [1.54, 1.807) is 0 Å². The lowest BCUT2D eigenvalue weighted by Crippen LogP contribution is -2.19. The molecule has 0 spiro atoms. The highest BCUT2D eigenvalue weighted by Gasteiger charge is 2.40. The van der Waals surface area contributed by atoms with Gasteiger partial charge in [0.2, 0.25) is 0 Å². The van der Waals surface area contributed by atoms with Gasteiger partial charge in [0.15, 0.2) is 11.6 Å². The maximum atomic E-state index is 4.89. The van der Waals surface area contributed by atoms with Gasteiger partial charge in [0, 0.05) is 27.8 Å². The van der Waals surface area contributed by atoms with E-state index in [0.717, 1.165) is 41.2 Å². The molecule has 6 aromatic rings. The lowest BCUT2D eigenvalue weighted by atomic mass is 9.78. The Bertz CT molecular complexity index is 2080. The lowest BCUT2D eigenvalue weighted by molar-refractivity contribution is 0.653. The molecule has 8 rings (SSSR count). The van der Waals surface area contributed by atoms with Gasteiger partial charge < -0.3 is 5.32 Å². The number of hydrogen-bond donors (Lipinski definition) is 2. The first-order valence-corrected chi connectivity index (χ1v) is 15.7. The molecule has 4 heteroatoms. The van der Waals surface area contributed by atoms with Gasteiger partial charge in [0.05, 0.1) is 5.69 Å². The van der Waals surface area contributed by atoms with Crippen LogP contribution < -0.4 is 5.32 Å². The van der Waals surface area contributed by atoms with Crippen molar-refractivity contribution in [2.24, 2.45) is 0 Å². The van der Waals surface area contributed by atoms with Crippen molar-refractivity contribution in [1.82, 2.24) is 15.2 Å². The normalized spacial score (nSPS) is 14.7. The van der Waals surface area contributed by atoms with E-state index in [1.165, 1.54) is 44.5 Å². The summed E-state index contributed by atoms with van der Waals surface area (Å²) in [5, 5.41) is 11.7. The number of hydrogen-bond acceptors (Lipinski definition) is 3. The van der Waals surface area contributed by atoms with E-state index in [0.29, 0.717) is 5.82 Å². The number of benzene rings is 5. The Balaban J connectivity index is 1.14. The smallest absolute Gasteiger partial charge is 0.181 e. The fourth-order valence-corrected chi connectivity index (χ4v) is 7.01. The number of allylic oxidation sites excluding steroid dienone is 4. The van der Waals surface area contributed by atoms with E-state index in [-0.39, 0.29) is 5.41 Å². The van der Waals surface area contributed by atoms with Gasteiger partial charge in [0.25, 0.3) is 0 Å². The molecule has 0 atom stereocenters. The maximum Gasteiger partial charge on any atom is 0.181 e. The van der Waals surface area contributed by atoms with Gasteiger partial charge in [-0.05, 0) is 63.9 Å². The molecule has 0 saturated heterocycles. The van der Waals surface area contributed by atoms with Crippen LogP contribution in [0.15, 0.2) is 139 Å². The Kier molecular flexibility index (Phi) is 6.57. The number of aromatic amines is 1. The average molecular weight is 583 g/mol. The van der Waals surface area contributed by atoms with Crippen LogP contribution in [0.25, 0.3) is 50.6 Å². The van der Waals surface area contributed by atoms with Gasteiger partial charge >= 0.3 is 0 Å². The van der Waals surface area contributed by atoms with Gasteiger partial charge in [-0.3, -0.25) is 5.10 Å². The van der Waals surface area contributed by atoms with Gasteiger partial charge in [-0.25, -0.2) is 4.98 Å². The molecule has 0 amide bonds. The maximum absolute atomic E-state index is 4.89. The summed E-state index contributed by atoms with van der Waals surface area (Å²) < 4.78 is 0. The highest BCUT2D eigenvalue weighted by Crippen LogP contribution is 2.54. The molecule has 0 aliphatic heterocycles. The van der Waals surface area contributed by atoms with E-state index >= 15 is 0 Å². The van der Waals surface area contributed by atoms with Gasteiger partial charge in [-0.15, -0.1) is 0 Å². The molecule has 0 unspecified atom stereocenters. The van der Waals surface area contributed by atoms with Crippen molar-refractivity contribution in [3.05, 3.63) is 150 Å². The third-order valence-electron chi connectivity index (χ3n) is 9.23. The Morgan fingerprint density at radius 1 is 0.667 bits per heavy atom. The van der Waals surface area contributed by atoms with E-state index < -0.39 is 0 Å². The summed E-state index contributed by atoms with van der Waals surface area (Å²) >= 11 is 0. The zero-order chi connectivity index (χ0) is 30.4. The number of nitrogens with one attached hydrogen (secondary N) is 2. The molecule has 5 aromatic carbocycles. The molecular formula is C41H34N4. The van der Waals surface area contributed by atoms with Crippen molar-refractivity contribution in [3.8, 4) is 45.0 Å². The van der Waals surface area contributed by atoms with Crippen LogP contribution in [-0.4, -0.2) is 15.2 Å². The molecule has 2 N–H and O–H groups in total. The predicted molar refractivity (Wildman–Crippen MR) is 186 cm³/mol.